The van der Waals surface area contributed by atoms with Crippen LogP contribution in [0.25, 0.3) is 11.0 Å². The summed E-state index contributed by atoms with van der Waals surface area (Å²) < 4.78 is 1.40. The highest BCUT2D eigenvalue weighted by Crippen LogP contribution is 2.28. The average molecular weight is 320 g/mol. The van der Waals surface area contributed by atoms with Crippen LogP contribution < -0.4 is 11.0 Å². The molecular formula is C14H14ClN5O2. The van der Waals surface area contributed by atoms with E-state index in [0.717, 1.165) is 11.1 Å². The van der Waals surface area contributed by atoms with Gasteiger partial charge in [0.25, 0.3) is 5.91 Å². The number of amides is 1. The zero-order valence-electron chi connectivity index (χ0n) is 12.2. The van der Waals surface area contributed by atoms with Crippen molar-refractivity contribution in [2.45, 2.75) is 13.8 Å². The number of aryl methyl sites for hydroxylation is 2. The molecule has 3 N–H and O–H groups in total. The van der Waals surface area contributed by atoms with Gasteiger partial charge in [0, 0.05) is 7.05 Å². The lowest BCUT2D eigenvalue weighted by Crippen LogP contribution is -2.18. The van der Waals surface area contributed by atoms with Crippen molar-refractivity contribution in [1.29, 1.82) is 0 Å². The Morgan fingerprint density at radius 3 is 2.73 bits per heavy atom. The van der Waals surface area contributed by atoms with Crippen LogP contribution in [0.1, 0.15) is 21.6 Å². The van der Waals surface area contributed by atoms with Gasteiger partial charge < -0.3 is 15.3 Å². The largest absolute Gasteiger partial charge is 0.323 e. The van der Waals surface area contributed by atoms with Gasteiger partial charge in [-0.2, -0.15) is 5.10 Å². The van der Waals surface area contributed by atoms with Gasteiger partial charge in [-0.05, 0) is 31.0 Å². The molecule has 22 heavy (non-hydrogen) atoms. The lowest BCUT2D eigenvalue weighted by atomic mass is 10.1. The normalized spacial score (nSPS) is 11.1. The van der Waals surface area contributed by atoms with Crippen LogP contribution in [-0.4, -0.2) is 25.7 Å². The van der Waals surface area contributed by atoms with Gasteiger partial charge >= 0.3 is 5.69 Å². The van der Waals surface area contributed by atoms with Crippen LogP contribution in [-0.2, 0) is 7.05 Å². The third-order valence-electron chi connectivity index (χ3n) is 3.68. The second kappa shape index (κ2) is 5.03. The minimum atomic E-state index is -0.387. The van der Waals surface area contributed by atoms with E-state index in [-0.39, 0.29) is 22.3 Å². The topological polar surface area (TPSA) is 95.6 Å². The van der Waals surface area contributed by atoms with Crippen molar-refractivity contribution < 1.29 is 4.79 Å². The monoisotopic (exact) mass is 319 g/mol. The first kappa shape index (κ1) is 14.4. The summed E-state index contributed by atoms with van der Waals surface area (Å²) in [6.45, 7) is 3.79. The van der Waals surface area contributed by atoms with Gasteiger partial charge in [0.1, 0.15) is 5.69 Å². The molecule has 1 amide bonds. The number of H-pyrrole nitrogens is 2. The fraction of sp³-hybridized carbons (Fsp3) is 0.214. The molecule has 0 radical (unpaired) electrons. The third kappa shape index (κ3) is 2.19. The Morgan fingerprint density at radius 2 is 2.09 bits per heavy atom. The van der Waals surface area contributed by atoms with E-state index in [1.807, 2.05) is 19.9 Å². The zero-order valence-corrected chi connectivity index (χ0v) is 13.0. The van der Waals surface area contributed by atoms with E-state index >= 15 is 0 Å². The van der Waals surface area contributed by atoms with Crippen molar-refractivity contribution in [2.24, 2.45) is 7.05 Å². The molecule has 0 saturated heterocycles. The molecule has 2 heterocycles. The number of imidazole rings is 1. The Kier molecular flexibility index (Phi) is 3.29. The molecule has 2 aromatic heterocycles. The first-order valence-corrected chi connectivity index (χ1v) is 6.97. The van der Waals surface area contributed by atoms with Gasteiger partial charge in [0.05, 0.1) is 27.9 Å². The molecule has 3 aromatic rings. The van der Waals surface area contributed by atoms with Crippen molar-refractivity contribution in [2.75, 3.05) is 5.32 Å². The van der Waals surface area contributed by atoms with E-state index in [4.69, 9.17) is 11.6 Å². The number of fused-ring (bicyclic) bond motifs is 1. The second-order valence-corrected chi connectivity index (χ2v) is 5.52. The van der Waals surface area contributed by atoms with Crippen LogP contribution in [0.15, 0.2) is 17.1 Å². The van der Waals surface area contributed by atoms with Crippen LogP contribution in [0.4, 0.5) is 5.69 Å². The lowest BCUT2D eigenvalue weighted by molar-refractivity contribution is 0.101. The molecule has 0 unspecified atom stereocenters. The maximum Gasteiger partial charge on any atom is 0.323 e. The number of rotatable bonds is 2. The van der Waals surface area contributed by atoms with E-state index in [1.54, 1.807) is 7.05 Å². The number of benzene rings is 1. The van der Waals surface area contributed by atoms with Crippen molar-refractivity contribution in [1.82, 2.24) is 19.7 Å². The van der Waals surface area contributed by atoms with E-state index < -0.39 is 0 Å². The average Bonchev–Trinajstić information content (AvgIpc) is 2.97. The van der Waals surface area contributed by atoms with Gasteiger partial charge in [-0.15, -0.1) is 0 Å². The number of anilines is 1. The molecule has 7 nitrogen and oxygen atoms in total. The van der Waals surface area contributed by atoms with E-state index in [1.165, 1.54) is 10.9 Å². The minimum absolute atomic E-state index is 0.258. The summed E-state index contributed by atoms with van der Waals surface area (Å²) in [5.41, 5.74) is 3.50. The van der Waals surface area contributed by atoms with Crippen LogP contribution >= 0.6 is 11.6 Å². The summed E-state index contributed by atoms with van der Waals surface area (Å²) in [6.07, 6.45) is 1.41. The quantitative estimate of drug-likeness (QED) is 0.675. The highest BCUT2D eigenvalue weighted by atomic mass is 35.5. The number of nitrogens with zero attached hydrogens (tertiary/aromatic N) is 2. The fourth-order valence-corrected chi connectivity index (χ4v) is 2.66. The third-order valence-corrected chi connectivity index (χ3v) is 3.96. The lowest BCUT2D eigenvalue weighted by Gasteiger charge is -2.12. The predicted octanol–water partition coefficient (Wildman–Crippen LogP) is 2.11. The number of carbonyl (C=O) groups excluding carboxylic acids is 1. The Balaban J connectivity index is 2.13. The summed E-state index contributed by atoms with van der Waals surface area (Å²) in [5, 5.41) is 7.03. The first-order valence-electron chi connectivity index (χ1n) is 6.59. The second-order valence-electron chi connectivity index (χ2n) is 5.11. The predicted molar refractivity (Wildman–Crippen MR) is 84.6 cm³/mol. The smallest absolute Gasteiger partial charge is 0.318 e. The highest BCUT2D eigenvalue weighted by molar-refractivity contribution is 6.34. The van der Waals surface area contributed by atoms with Gasteiger partial charge in [0.2, 0.25) is 0 Å². The molecular weight excluding hydrogens is 306 g/mol. The van der Waals surface area contributed by atoms with Crippen LogP contribution in [0, 0.1) is 13.8 Å². The Labute approximate surface area is 130 Å². The van der Waals surface area contributed by atoms with Crippen LogP contribution in [0.5, 0.6) is 0 Å². The molecule has 0 fully saturated rings. The molecule has 3 rings (SSSR count). The Hall–Kier alpha value is -2.54. The molecule has 0 aliphatic carbocycles. The van der Waals surface area contributed by atoms with Crippen LogP contribution in [0.2, 0.25) is 5.02 Å². The van der Waals surface area contributed by atoms with E-state index in [2.05, 4.69) is 20.4 Å². The number of hydrogen-bond donors (Lipinski definition) is 3. The number of aromatic amines is 2. The van der Waals surface area contributed by atoms with E-state index in [0.29, 0.717) is 16.7 Å². The molecule has 8 heteroatoms. The number of halogens is 1. The Morgan fingerprint density at radius 1 is 1.36 bits per heavy atom. The summed E-state index contributed by atoms with van der Waals surface area (Å²) in [4.78, 5) is 29.4. The van der Waals surface area contributed by atoms with Crippen molar-refractivity contribution >= 4 is 34.2 Å². The van der Waals surface area contributed by atoms with Gasteiger partial charge in [-0.25, -0.2) is 4.79 Å². The molecule has 0 aliphatic rings. The van der Waals surface area contributed by atoms with E-state index in [9.17, 15) is 9.59 Å². The maximum atomic E-state index is 12.5. The summed E-state index contributed by atoms with van der Waals surface area (Å²) >= 11 is 5.99. The molecule has 0 bridgehead atoms. The maximum absolute atomic E-state index is 12.5. The molecule has 0 aliphatic heterocycles. The first-order chi connectivity index (χ1) is 10.4. The summed E-state index contributed by atoms with van der Waals surface area (Å²) in [5.74, 6) is -0.387. The van der Waals surface area contributed by atoms with Gasteiger partial charge in [-0.3, -0.25) is 9.48 Å². The molecule has 1 aromatic carbocycles. The summed E-state index contributed by atoms with van der Waals surface area (Å²) in [7, 11) is 1.64. The number of nitrogens with one attached hydrogen (secondary N) is 3. The molecule has 0 atom stereocenters. The molecule has 0 saturated carbocycles. The van der Waals surface area contributed by atoms with Crippen molar-refractivity contribution in [3.8, 4) is 0 Å². The fourth-order valence-electron chi connectivity index (χ4n) is 2.41. The van der Waals surface area contributed by atoms with Crippen molar-refractivity contribution in [3.05, 3.63) is 44.6 Å². The van der Waals surface area contributed by atoms with Crippen molar-refractivity contribution in [3.63, 3.8) is 0 Å². The molecule has 0 spiro atoms. The Bertz CT molecular complexity index is 931. The summed E-state index contributed by atoms with van der Waals surface area (Å²) in [6, 6.07) is 1.86. The standard InChI is InChI=1S/C14H14ClN5O2/c1-6-4-9-11(19-14(22)17-9)10(7(6)2)18-13(21)12-8(15)5-16-20(12)3/h4-5H,1-3H3,(H,18,21)(H2,17,19,22). The zero-order chi connectivity index (χ0) is 16.0. The number of aromatic nitrogens is 4. The highest BCUT2D eigenvalue weighted by Gasteiger charge is 2.19. The van der Waals surface area contributed by atoms with Gasteiger partial charge in [-0.1, -0.05) is 11.6 Å². The number of hydrogen-bond acceptors (Lipinski definition) is 3. The number of carbonyl (C=O) groups is 1. The molecule has 114 valence electrons. The SMILES string of the molecule is Cc1cc2[nH]c(=O)[nH]c2c(NC(=O)c2c(Cl)cnn2C)c1C. The van der Waals surface area contributed by atoms with Crippen LogP contribution in [0.3, 0.4) is 0 Å². The van der Waals surface area contributed by atoms with Gasteiger partial charge in [0.15, 0.2) is 0 Å². The minimum Gasteiger partial charge on any atom is -0.318 e.